The second-order valence-corrected chi connectivity index (χ2v) is 4.15. The molecule has 2 rings (SSSR count). The van der Waals surface area contributed by atoms with Crippen LogP contribution in [0.1, 0.15) is 6.92 Å². The Labute approximate surface area is 115 Å². The number of likely N-dealkylation sites (N-methyl/N-ethyl adjacent to an activating group) is 1. The second kappa shape index (κ2) is 5.55. The maximum atomic E-state index is 10.6. The van der Waals surface area contributed by atoms with Crippen molar-refractivity contribution in [2.45, 2.75) is 25.4 Å². The van der Waals surface area contributed by atoms with Crippen molar-refractivity contribution in [1.29, 1.82) is 0 Å². The third kappa shape index (κ3) is 4.05. The maximum absolute atomic E-state index is 10.6. The van der Waals surface area contributed by atoms with Crippen molar-refractivity contribution >= 4 is 11.8 Å². The minimum Gasteiger partial charge on any atom is -0.475 e. The molecule has 1 aromatic heterocycles. The van der Waals surface area contributed by atoms with Crippen LogP contribution >= 0.6 is 0 Å². The van der Waals surface area contributed by atoms with E-state index in [-0.39, 0.29) is 11.8 Å². The average Bonchev–Trinajstić information content (AvgIpc) is 2.84. The molecule has 0 aliphatic carbocycles. The van der Waals surface area contributed by atoms with E-state index in [1.54, 1.807) is 11.6 Å². The Morgan fingerprint density at radius 2 is 2.19 bits per heavy atom. The third-order valence-electron chi connectivity index (χ3n) is 2.47. The summed E-state index contributed by atoms with van der Waals surface area (Å²) in [7, 11) is 1.76. The quantitative estimate of drug-likeness (QED) is 0.611. The van der Waals surface area contributed by atoms with Crippen LogP contribution in [-0.4, -0.2) is 44.5 Å². The first-order valence-corrected chi connectivity index (χ1v) is 5.38. The van der Waals surface area contributed by atoms with Crippen LogP contribution in [0.15, 0.2) is 6.20 Å². The van der Waals surface area contributed by atoms with Crippen molar-refractivity contribution in [3.8, 4) is 6.01 Å². The number of aliphatic carboxylic acids is 1. The standard InChI is InChI=1S/C7H10N4O3.C2HF3O2/c1-7(8-2)4-10-3-5(11(12)13)9-6(10)14-7;3-2(4,5)1(6)7/h3,8H,4H2,1-2H3;(H,6,7). The lowest BCUT2D eigenvalue weighted by Gasteiger charge is -2.20. The predicted octanol–water partition coefficient (Wildman–Crippen LogP) is 0.753. The molecular weight excluding hydrogens is 301 g/mol. The number of nitrogens with zero attached hydrogens (tertiary/aromatic N) is 3. The van der Waals surface area contributed by atoms with Crippen LogP contribution < -0.4 is 10.1 Å². The van der Waals surface area contributed by atoms with Gasteiger partial charge in [-0.1, -0.05) is 0 Å². The van der Waals surface area contributed by atoms with Crippen molar-refractivity contribution in [3.63, 3.8) is 0 Å². The minimum absolute atomic E-state index is 0.182. The first-order valence-electron chi connectivity index (χ1n) is 5.38. The van der Waals surface area contributed by atoms with Crippen molar-refractivity contribution in [3.05, 3.63) is 16.3 Å². The molecule has 0 saturated heterocycles. The highest BCUT2D eigenvalue weighted by atomic mass is 19.4. The maximum Gasteiger partial charge on any atom is 0.490 e. The Bertz CT molecular complexity index is 533. The summed E-state index contributed by atoms with van der Waals surface area (Å²) in [5.41, 5.74) is -0.516. The summed E-state index contributed by atoms with van der Waals surface area (Å²) in [4.78, 5) is 22.5. The molecule has 0 fully saturated rings. The Kier molecular flexibility index (Phi) is 4.41. The molecule has 0 saturated carbocycles. The van der Waals surface area contributed by atoms with Crippen LogP contribution in [0, 0.1) is 10.1 Å². The topological polar surface area (TPSA) is 120 Å². The van der Waals surface area contributed by atoms with Gasteiger partial charge in [-0.05, 0) is 18.9 Å². The van der Waals surface area contributed by atoms with E-state index in [2.05, 4.69) is 10.3 Å². The zero-order chi connectivity index (χ0) is 16.4. The number of nitro groups is 1. The van der Waals surface area contributed by atoms with E-state index < -0.39 is 22.8 Å². The van der Waals surface area contributed by atoms with E-state index in [0.29, 0.717) is 6.54 Å². The van der Waals surface area contributed by atoms with Crippen molar-refractivity contribution < 1.29 is 32.7 Å². The van der Waals surface area contributed by atoms with Crippen LogP contribution in [0.2, 0.25) is 0 Å². The van der Waals surface area contributed by atoms with Gasteiger partial charge in [0.25, 0.3) is 0 Å². The van der Waals surface area contributed by atoms with Gasteiger partial charge < -0.3 is 20.0 Å². The largest absolute Gasteiger partial charge is 0.490 e. The lowest BCUT2D eigenvalue weighted by Crippen LogP contribution is -2.44. The van der Waals surface area contributed by atoms with Crippen LogP contribution in [0.25, 0.3) is 0 Å². The highest BCUT2D eigenvalue weighted by molar-refractivity contribution is 5.73. The van der Waals surface area contributed by atoms with E-state index in [1.807, 2.05) is 6.92 Å². The number of fused-ring (bicyclic) bond motifs is 1. The zero-order valence-corrected chi connectivity index (χ0v) is 10.8. The Hall–Kier alpha value is -2.37. The summed E-state index contributed by atoms with van der Waals surface area (Å²) in [6.07, 6.45) is -3.71. The number of alkyl halides is 3. The van der Waals surface area contributed by atoms with Gasteiger partial charge in [0, 0.05) is 4.98 Å². The summed E-state index contributed by atoms with van der Waals surface area (Å²) in [6, 6.07) is 0.286. The van der Waals surface area contributed by atoms with Gasteiger partial charge in [0.2, 0.25) is 0 Å². The summed E-state index contributed by atoms with van der Waals surface area (Å²) in [6.45, 7) is 2.37. The molecule has 1 unspecified atom stereocenters. The van der Waals surface area contributed by atoms with Gasteiger partial charge in [0.05, 0.1) is 6.54 Å². The summed E-state index contributed by atoms with van der Waals surface area (Å²) < 4.78 is 38.8. The number of hydrogen-bond acceptors (Lipinski definition) is 6. The highest BCUT2D eigenvalue weighted by Gasteiger charge is 2.39. The number of carboxylic acids is 1. The first-order chi connectivity index (χ1) is 9.48. The normalized spacial score (nSPS) is 20.0. The molecule has 1 aromatic rings. The van der Waals surface area contributed by atoms with E-state index >= 15 is 0 Å². The smallest absolute Gasteiger partial charge is 0.475 e. The summed E-state index contributed by atoms with van der Waals surface area (Å²) >= 11 is 0. The van der Waals surface area contributed by atoms with E-state index in [9.17, 15) is 23.3 Å². The van der Waals surface area contributed by atoms with Gasteiger partial charge in [0.15, 0.2) is 5.72 Å². The number of nitrogens with one attached hydrogen (secondary N) is 1. The summed E-state index contributed by atoms with van der Waals surface area (Å²) in [5.74, 6) is -2.94. The van der Waals surface area contributed by atoms with Gasteiger partial charge >= 0.3 is 24.0 Å². The molecule has 0 aromatic carbocycles. The zero-order valence-electron chi connectivity index (χ0n) is 10.8. The minimum atomic E-state index is -5.08. The Morgan fingerprint density at radius 1 is 1.67 bits per heavy atom. The fourth-order valence-corrected chi connectivity index (χ4v) is 1.36. The number of carbonyl (C=O) groups is 1. The van der Waals surface area contributed by atoms with Gasteiger partial charge in [-0.15, -0.1) is 0 Å². The van der Waals surface area contributed by atoms with Crippen molar-refractivity contribution in [1.82, 2.24) is 14.9 Å². The molecule has 1 atom stereocenters. The first kappa shape index (κ1) is 16.7. The SMILES string of the molecule is CNC1(C)Cn2cc([N+](=O)[O-])nc2O1.O=C(O)C(F)(F)F. The van der Waals surface area contributed by atoms with Gasteiger partial charge in [0.1, 0.15) is 6.20 Å². The monoisotopic (exact) mass is 312 g/mol. The molecule has 2 heterocycles. The number of aromatic nitrogens is 2. The molecule has 1 aliphatic rings. The van der Waals surface area contributed by atoms with Crippen molar-refractivity contribution in [2.24, 2.45) is 0 Å². The Balaban J connectivity index is 0.000000270. The van der Waals surface area contributed by atoms with E-state index in [4.69, 9.17) is 14.6 Å². The fourth-order valence-electron chi connectivity index (χ4n) is 1.36. The number of halogens is 3. The van der Waals surface area contributed by atoms with Gasteiger partial charge in [-0.3, -0.25) is 9.88 Å². The van der Waals surface area contributed by atoms with Gasteiger partial charge in [-0.2, -0.15) is 13.2 Å². The number of hydrogen-bond donors (Lipinski definition) is 2. The third-order valence-corrected chi connectivity index (χ3v) is 2.47. The van der Waals surface area contributed by atoms with Crippen LogP contribution in [0.5, 0.6) is 6.01 Å². The molecular formula is C9H11F3N4O5. The summed E-state index contributed by atoms with van der Waals surface area (Å²) in [5, 5.41) is 20.5. The van der Waals surface area contributed by atoms with E-state index in [0.717, 1.165) is 0 Å². The lowest BCUT2D eigenvalue weighted by molar-refractivity contribution is -0.389. The number of ether oxygens (including phenoxy) is 1. The fraction of sp³-hybridized carbons (Fsp3) is 0.556. The number of imidazole rings is 1. The van der Waals surface area contributed by atoms with Crippen LogP contribution in [0.4, 0.5) is 19.0 Å². The molecule has 2 N–H and O–H groups in total. The van der Waals surface area contributed by atoms with Gasteiger partial charge in [-0.25, -0.2) is 4.79 Å². The molecule has 0 spiro atoms. The molecule has 9 nitrogen and oxygen atoms in total. The predicted molar refractivity (Wildman–Crippen MR) is 60.7 cm³/mol. The molecule has 118 valence electrons. The van der Waals surface area contributed by atoms with Crippen LogP contribution in [0.3, 0.4) is 0 Å². The Morgan fingerprint density at radius 3 is 2.52 bits per heavy atom. The van der Waals surface area contributed by atoms with E-state index in [1.165, 1.54) is 6.20 Å². The van der Waals surface area contributed by atoms with Crippen molar-refractivity contribution in [2.75, 3.05) is 7.05 Å². The molecule has 21 heavy (non-hydrogen) atoms. The highest BCUT2D eigenvalue weighted by Crippen LogP contribution is 2.28. The molecule has 12 heteroatoms. The molecule has 1 aliphatic heterocycles. The van der Waals surface area contributed by atoms with Crippen LogP contribution in [-0.2, 0) is 11.3 Å². The number of rotatable bonds is 2. The lowest BCUT2D eigenvalue weighted by atomic mass is 10.3. The average molecular weight is 312 g/mol. The number of carboxylic acid groups (broad SMARTS) is 1. The second-order valence-electron chi connectivity index (χ2n) is 4.15. The molecule has 0 amide bonds. The molecule has 0 bridgehead atoms. The molecule has 0 radical (unpaired) electrons.